The molecule has 1 aliphatic rings. The lowest BCUT2D eigenvalue weighted by atomic mass is 9.78. The molecule has 1 heterocycles. The number of unbranched alkanes of at least 4 members (excludes halogenated alkanes) is 13. The van der Waals surface area contributed by atoms with E-state index in [9.17, 15) is 0 Å². The first-order valence-electron chi connectivity index (χ1n) is 14.3. The number of aliphatic imine (C=N–C) groups is 2. The van der Waals surface area contributed by atoms with Crippen LogP contribution in [0.15, 0.2) is 40.3 Å². The zero-order valence-electron chi connectivity index (χ0n) is 21.8. The van der Waals surface area contributed by atoms with E-state index in [0.717, 1.165) is 12.6 Å². The second-order valence-corrected chi connectivity index (χ2v) is 10.1. The van der Waals surface area contributed by atoms with Gasteiger partial charge < -0.3 is 0 Å². The molecule has 0 aromatic heterocycles. The summed E-state index contributed by atoms with van der Waals surface area (Å²) in [6.07, 6.45) is 29.3. The Hall–Kier alpha value is -1.57. The van der Waals surface area contributed by atoms with E-state index in [-0.39, 0.29) is 0 Å². The van der Waals surface area contributed by atoms with E-state index in [1.807, 2.05) is 12.4 Å². The van der Waals surface area contributed by atoms with Gasteiger partial charge in [-0.1, -0.05) is 150 Å². The average molecular weight is 452 g/mol. The molecule has 0 saturated carbocycles. The second kappa shape index (κ2) is 18.8. The molecule has 2 nitrogen and oxygen atoms in total. The molecule has 1 aliphatic heterocycles. The summed E-state index contributed by atoms with van der Waals surface area (Å²) in [5.74, 6) is 1.15. The predicted octanol–water partition coefficient (Wildman–Crippen LogP) is 9.78. The molecule has 2 heteroatoms. The molecule has 0 amide bonds. The van der Waals surface area contributed by atoms with E-state index in [4.69, 9.17) is 9.98 Å². The molecule has 184 valence electrons. The van der Waals surface area contributed by atoms with Gasteiger partial charge in [-0.05, 0) is 30.7 Å². The van der Waals surface area contributed by atoms with Gasteiger partial charge in [0.15, 0.2) is 12.4 Å². The van der Waals surface area contributed by atoms with E-state index in [1.54, 1.807) is 0 Å². The maximum Gasteiger partial charge on any atom is 0.244 e. The second-order valence-electron chi connectivity index (χ2n) is 10.1. The quantitative estimate of drug-likeness (QED) is 0.131. The van der Waals surface area contributed by atoms with Crippen LogP contribution in [0.1, 0.15) is 129 Å². The highest BCUT2D eigenvalue weighted by atomic mass is 15.0. The molecule has 0 fully saturated rings. The number of benzene rings is 1. The van der Waals surface area contributed by atoms with Gasteiger partial charge in [-0.3, -0.25) is 0 Å². The van der Waals surface area contributed by atoms with Crippen LogP contribution in [0.4, 0.5) is 0 Å². The SMILES string of the molecule is CCCCCCCCCCC([C+]1N=CC=N1)C(CCCCCCCCC)Cc1ccccc1. The molecular weight excluding hydrogens is 400 g/mol. The molecular formula is C31H51N2+. The van der Waals surface area contributed by atoms with Crippen molar-refractivity contribution in [2.24, 2.45) is 21.8 Å². The summed E-state index contributed by atoms with van der Waals surface area (Å²) in [5.41, 5.74) is 1.47. The summed E-state index contributed by atoms with van der Waals surface area (Å²) in [6.45, 7) is 4.59. The van der Waals surface area contributed by atoms with Crippen molar-refractivity contribution in [1.82, 2.24) is 0 Å². The predicted molar refractivity (Wildman–Crippen MR) is 147 cm³/mol. The molecule has 0 bridgehead atoms. The Morgan fingerprint density at radius 1 is 0.606 bits per heavy atom. The van der Waals surface area contributed by atoms with Crippen LogP contribution in [0, 0.1) is 18.0 Å². The van der Waals surface area contributed by atoms with Gasteiger partial charge in [0.25, 0.3) is 0 Å². The van der Waals surface area contributed by atoms with Gasteiger partial charge in [-0.2, -0.15) is 0 Å². The minimum absolute atomic E-state index is 0.500. The summed E-state index contributed by atoms with van der Waals surface area (Å²) in [6, 6.07) is 11.1. The Balaban J connectivity index is 1.87. The smallest absolute Gasteiger partial charge is 0.0965 e. The summed E-state index contributed by atoms with van der Waals surface area (Å²) in [4.78, 5) is 9.39. The first-order chi connectivity index (χ1) is 16.3. The number of hydrogen-bond acceptors (Lipinski definition) is 2. The maximum atomic E-state index is 4.69. The van der Waals surface area contributed by atoms with E-state index in [0.29, 0.717) is 11.8 Å². The molecule has 0 N–H and O–H groups in total. The van der Waals surface area contributed by atoms with Crippen molar-refractivity contribution in [3.8, 4) is 0 Å². The van der Waals surface area contributed by atoms with Gasteiger partial charge in [-0.15, -0.1) is 0 Å². The highest BCUT2D eigenvalue weighted by molar-refractivity contribution is 6.18. The molecule has 0 radical (unpaired) electrons. The summed E-state index contributed by atoms with van der Waals surface area (Å²) in [7, 11) is 0. The zero-order chi connectivity index (χ0) is 23.4. The zero-order valence-corrected chi connectivity index (χ0v) is 21.8. The van der Waals surface area contributed by atoms with Crippen LogP contribution in [-0.2, 0) is 6.42 Å². The van der Waals surface area contributed by atoms with Crippen molar-refractivity contribution in [1.29, 1.82) is 0 Å². The van der Waals surface area contributed by atoms with E-state index >= 15 is 0 Å². The van der Waals surface area contributed by atoms with Crippen LogP contribution < -0.4 is 0 Å². The fourth-order valence-electron chi connectivity index (χ4n) is 5.24. The van der Waals surface area contributed by atoms with Gasteiger partial charge in [0, 0.05) is 0 Å². The molecule has 1 aromatic carbocycles. The highest BCUT2D eigenvalue weighted by Gasteiger charge is 2.35. The minimum atomic E-state index is 0.500. The fourth-order valence-corrected chi connectivity index (χ4v) is 5.24. The fraction of sp³-hybridized carbons (Fsp3) is 0.710. The van der Waals surface area contributed by atoms with E-state index < -0.39 is 0 Å². The van der Waals surface area contributed by atoms with Crippen molar-refractivity contribution in [2.45, 2.75) is 129 Å². The van der Waals surface area contributed by atoms with Crippen LogP contribution >= 0.6 is 0 Å². The molecule has 0 aliphatic carbocycles. The number of rotatable bonds is 21. The van der Waals surface area contributed by atoms with Crippen molar-refractivity contribution in [3.63, 3.8) is 0 Å². The molecule has 1 aromatic rings. The first-order valence-corrected chi connectivity index (χ1v) is 14.3. The molecule has 0 spiro atoms. The average Bonchev–Trinajstić information content (AvgIpc) is 3.37. The van der Waals surface area contributed by atoms with Crippen molar-refractivity contribution >= 4 is 12.4 Å². The molecule has 0 saturated heterocycles. The Bertz CT molecular complexity index is 609. The third-order valence-corrected chi connectivity index (χ3v) is 7.27. The minimum Gasteiger partial charge on any atom is -0.0965 e. The maximum absolute atomic E-state index is 4.69. The third kappa shape index (κ3) is 12.5. The lowest BCUT2D eigenvalue weighted by molar-refractivity contribution is 0.284. The van der Waals surface area contributed by atoms with Crippen molar-refractivity contribution in [2.75, 3.05) is 0 Å². The highest BCUT2D eigenvalue weighted by Crippen LogP contribution is 2.37. The third-order valence-electron chi connectivity index (χ3n) is 7.27. The molecule has 33 heavy (non-hydrogen) atoms. The monoisotopic (exact) mass is 451 g/mol. The number of nitrogens with zero attached hydrogens (tertiary/aromatic N) is 2. The molecule has 2 rings (SSSR count). The van der Waals surface area contributed by atoms with E-state index in [1.165, 1.54) is 115 Å². The first kappa shape index (κ1) is 27.7. The Labute approximate surface area is 205 Å². The van der Waals surface area contributed by atoms with Crippen molar-refractivity contribution < 1.29 is 0 Å². The lowest BCUT2D eigenvalue weighted by Gasteiger charge is -2.26. The normalized spacial score (nSPS) is 14.8. The van der Waals surface area contributed by atoms with Gasteiger partial charge in [0.1, 0.15) is 0 Å². The van der Waals surface area contributed by atoms with Crippen LogP contribution in [-0.4, -0.2) is 12.4 Å². The standard InChI is InChI=1S/C31H51N2/c1-3-5-7-9-11-13-15-20-24-30(31-32-25-26-33-31)29(27-28-21-17-16-18-22-28)23-19-14-12-10-8-6-4-2/h16-18,21-22,25-26,29-30H,3-15,19-20,23-24,27H2,1-2H3/q+1. The Kier molecular flexibility index (Phi) is 15.8. The van der Waals surface area contributed by atoms with Crippen LogP contribution in [0.25, 0.3) is 0 Å². The van der Waals surface area contributed by atoms with E-state index in [2.05, 4.69) is 44.2 Å². The van der Waals surface area contributed by atoms with Gasteiger partial charge in [-0.25, -0.2) is 0 Å². The van der Waals surface area contributed by atoms with Gasteiger partial charge in [0.05, 0.1) is 5.92 Å². The summed E-state index contributed by atoms with van der Waals surface area (Å²) < 4.78 is 0. The van der Waals surface area contributed by atoms with Gasteiger partial charge in [0.2, 0.25) is 6.17 Å². The molecule has 2 unspecified atom stereocenters. The largest absolute Gasteiger partial charge is 0.244 e. The van der Waals surface area contributed by atoms with Crippen LogP contribution in [0.5, 0.6) is 0 Å². The van der Waals surface area contributed by atoms with Crippen LogP contribution in [0.3, 0.4) is 0 Å². The van der Waals surface area contributed by atoms with Gasteiger partial charge >= 0.3 is 0 Å². The summed E-state index contributed by atoms with van der Waals surface area (Å²) >= 11 is 0. The Morgan fingerprint density at radius 3 is 1.64 bits per heavy atom. The number of hydrogen-bond donors (Lipinski definition) is 0. The topological polar surface area (TPSA) is 24.7 Å². The lowest BCUT2D eigenvalue weighted by Crippen LogP contribution is -2.22. The van der Waals surface area contributed by atoms with Crippen molar-refractivity contribution in [3.05, 3.63) is 42.1 Å². The van der Waals surface area contributed by atoms with Crippen LogP contribution in [0.2, 0.25) is 0 Å². The summed E-state index contributed by atoms with van der Waals surface area (Å²) in [5, 5.41) is 0. The Morgan fingerprint density at radius 2 is 1.09 bits per heavy atom. The molecule has 2 atom stereocenters.